The first-order valence-electron chi connectivity index (χ1n) is 9.79. The van der Waals surface area contributed by atoms with Crippen LogP contribution in [0.3, 0.4) is 0 Å². The summed E-state index contributed by atoms with van der Waals surface area (Å²) in [5.41, 5.74) is 0.804. The van der Waals surface area contributed by atoms with Crippen molar-refractivity contribution in [3.8, 4) is 0 Å². The molecule has 1 N–H and O–H groups in total. The zero-order chi connectivity index (χ0) is 19.3. The number of anilines is 1. The predicted octanol–water partition coefficient (Wildman–Crippen LogP) is 1.86. The molecule has 0 amide bonds. The van der Waals surface area contributed by atoms with E-state index < -0.39 is 0 Å². The molecule has 0 aliphatic carbocycles. The van der Waals surface area contributed by atoms with Crippen molar-refractivity contribution >= 4 is 16.7 Å². The van der Waals surface area contributed by atoms with Gasteiger partial charge in [-0.15, -0.1) is 0 Å². The number of fused-ring (bicyclic) bond motifs is 1. The largest absolute Gasteiger partial charge is 0.368 e. The first-order chi connectivity index (χ1) is 13.7. The van der Waals surface area contributed by atoms with Crippen LogP contribution in [0.5, 0.6) is 0 Å². The fraction of sp³-hybridized carbons (Fsp3) is 0.450. The van der Waals surface area contributed by atoms with Crippen LogP contribution >= 0.6 is 0 Å². The van der Waals surface area contributed by atoms with Crippen LogP contribution in [-0.2, 0) is 6.54 Å². The van der Waals surface area contributed by atoms with Crippen LogP contribution in [0.1, 0.15) is 25.1 Å². The minimum absolute atomic E-state index is 0.0503. The molecule has 0 radical (unpaired) electrons. The molecule has 1 unspecified atom stereocenters. The number of aromatic nitrogens is 5. The Hall–Kier alpha value is -2.87. The summed E-state index contributed by atoms with van der Waals surface area (Å²) >= 11 is 0. The third-order valence-electron chi connectivity index (χ3n) is 5.25. The summed E-state index contributed by atoms with van der Waals surface area (Å²) in [6, 6.07) is 5.58. The van der Waals surface area contributed by atoms with E-state index in [0.29, 0.717) is 12.6 Å². The summed E-state index contributed by atoms with van der Waals surface area (Å²) in [6.07, 6.45) is 8.74. The van der Waals surface area contributed by atoms with Gasteiger partial charge in [-0.05, 0) is 38.4 Å². The molecule has 1 atom stereocenters. The summed E-state index contributed by atoms with van der Waals surface area (Å²) in [5.74, 6) is 1.59. The van der Waals surface area contributed by atoms with Gasteiger partial charge in [0.1, 0.15) is 11.6 Å². The van der Waals surface area contributed by atoms with Gasteiger partial charge < -0.3 is 5.32 Å². The molecule has 28 heavy (non-hydrogen) atoms. The Balaban J connectivity index is 1.44. The van der Waals surface area contributed by atoms with Crippen molar-refractivity contribution in [3.63, 3.8) is 0 Å². The molecule has 8 nitrogen and oxygen atoms in total. The number of hydrogen-bond donors (Lipinski definition) is 1. The maximum atomic E-state index is 11.9. The molecule has 1 fully saturated rings. The molecule has 1 aliphatic rings. The summed E-state index contributed by atoms with van der Waals surface area (Å²) in [7, 11) is 0. The van der Waals surface area contributed by atoms with Gasteiger partial charge in [0, 0.05) is 43.0 Å². The monoisotopic (exact) mass is 379 g/mol. The Morgan fingerprint density at radius 3 is 3.00 bits per heavy atom. The Labute approximate surface area is 163 Å². The lowest BCUT2D eigenvalue weighted by Gasteiger charge is -2.36. The lowest BCUT2D eigenvalue weighted by atomic mass is 10.0. The maximum absolute atomic E-state index is 11.9. The predicted molar refractivity (Wildman–Crippen MR) is 108 cm³/mol. The van der Waals surface area contributed by atoms with Gasteiger partial charge in [0.15, 0.2) is 0 Å². The molecule has 8 heteroatoms. The van der Waals surface area contributed by atoms with E-state index in [0.717, 1.165) is 48.6 Å². The second-order valence-corrected chi connectivity index (χ2v) is 7.16. The van der Waals surface area contributed by atoms with E-state index in [-0.39, 0.29) is 5.56 Å². The molecule has 4 rings (SSSR count). The Morgan fingerprint density at radius 1 is 1.18 bits per heavy atom. The molecule has 0 aromatic carbocycles. The van der Waals surface area contributed by atoms with E-state index in [1.54, 1.807) is 30.7 Å². The first kappa shape index (κ1) is 18.5. The number of nitrogens with zero attached hydrogens (tertiary/aromatic N) is 6. The van der Waals surface area contributed by atoms with E-state index in [9.17, 15) is 4.79 Å². The average Bonchev–Trinajstić information content (AvgIpc) is 2.72. The highest BCUT2D eigenvalue weighted by atomic mass is 16.1. The lowest BCUT2D eigenvalue weighted by Crippen LogP contribution is -2.45. The standard InChI is InChI=1S/C20H25N7O/c1-15-24-18-14-21-9-7-17(18)20(25-15)22-13-16-5-2-3-10-26(16)11-12-27-19(28)6-4-8-23-27/h4,6-9,14,16H,2-3,5,10-13H2,1H3,(H,22,24,25). The van der Waals surface area contributed by atoms with Crippen LogP contribution in [0, 0.1) is 6.92 Å². The molecular formula is C20H25N7O. The van der Waals surface area contributed by atoms with Crippen molar-refractivity contribution in [1.29, 1.82) is 0 Å². The van der Waals surface area contributed by atoms with Crippen molar-refractivity contribution < 1.29 is 0 Å². The molecule has 3 aromatic heterocycles. The molecular weight excluding hydrogens is 354 g/mol. The number of nitrogens with one attached hydrogen (secondary N) is 1. The molecule has 4 heterocycles. The van der Waals surface area contributed by atoms with Crippen molar-refractivity contribution in [2.45, 2.75) is 38.8 Å². The van der Waals surface area contributed by atoms with Gasteiger partial charge in [0.2, 0.25) is 0 Å². The zero-order valence-electron chi connectivity index (χ0n) is 16.1. The number of hydrogen-bond acceptors (Lipinski definition) is 7. The Kier molecular flexibility index (Phi) is 5.57. The fourth-order valence-corrected chi connectivity index (χ4v) is 3.81. The molecule has 0 saturated carbocycles. The van der Waals surface area contributed by atoms with Crippen molar-refractivity contribution in [1.82, 2.24) is 29.6 Å². The SMILES string of the molecule is Cc1nc(NCC2CCCCN2CCn2ncccc2=O)c2ccncc2n1. The van der Waals surface area contributed by atoms with Crippen LogP contribution in [0.4, 0.5) is 5.82 Å². The van der Waals surface area contributed by atoms with Gasteiger partial charge in [-0.2, -0.15) is 5.10 Å². The normalized spacial score (nSPS) is 17.7. The number of aryl methyl sites for hydroxylation is 1. The Morgan fingerprint density at radius 2 is 2.11 bits per heavy atom. The molecule has 146 valence electrons. The van der Waals surface area contributed by atoms with E-state index in [2.05, 4.69) is 30.3 Å². The van der Waals surface area contributed by atoms with Gasteiger partial charge in [0.05, 0.1) is 18.3 Å². The average molecular weight is 379 g/mol. The minimum atomic E-state index is -0.0503. The van der Waals surface area contributed by atoms with Crippen LogP contribution in [-0.4, -0.2) is 55.3 Å². The maximum Gasteiger partial charge on any atom is 0.266 e. The van der Waals surface area contributed by atoms with E-state index in [4.69, 9.17) is 0 Å². The van der Waals surface area contributed by atoms with Crippen LogP contribution < -0.4 is 10.9 Å². The third-order valence-corrected chi connectivity index (χ3v) is 5.25. The second kappa shape index (κ2) is 8.43. The number of rotatable bonds is 6. The lowest BCUT2D eigenvalue weighted by molar-refractivity contribution is 0.148. The van der Waals surface area contributed by atoms with E-state index >= 15 is 0 Å². The topological polar surface area (TPSA) is 88.8 Å². The highest BCUT2D eigenvalue weighted by Crippen LogP contribution is 2.21. The van der Waals surface area contributed by atoms with E-state index in [1.165, 1.54) is 17.5 Å². The van der Waals surface area contributed by atoms with Crippen LogP contribution in [0.2, 0.25) is 0 Å². The van der Waals surface area contributed by atoms with E-state index in [1.807, 2.05) is 13.0 Å². The zero-order valence-corrected chi connectivity index (χ0v) is 16.1. The van der Waals surface area contributed by atoms with Crippen molar-refractivity contribution in [2.75, 3.05) is 25.0 Å². The quantitative estimate of drug-likeness (QED) is 0.699. The molecule has 1 aliphatic heterocycles. The Bertz CT molecular complexity index is 1000. The summed E-state index contributed by atoms with van der Waals surface area (Å²) in [6.45, 7) is 5.18. The summed E-state index contributed by atoms with van der Waals surface area (Å²) < 4.78 is 1.54. The van der Waals surface area contributed by atoms with Crippen LogP contribution in [0.25, 0.3) is 10.9 Å². The summed E-state index contributed by atoms with van der Waals surface area (Å²) in [5, 5.41) is 8.69. The van der Waals surface area contributed by atoms with Gasteiger partial charge in [0.25, 0.3) is 5.56 Å². The minimum Gasteiger partial charge on any atom is -0.368 e. The van der Waals surface area contributed by atoms with Gasteiger partial charge in [-0.25, -0.2) is 14.6 Å². The molecule has 0 spiro atoms. The number of piperidine rings is 1. The van der Waals surface area contributed by atoms with Crippen molar-refractivity contribution in [3.05, 3.63) is 53.0 Å². The second-order valence-electron chi connectivity index (χ2n) is 7.16. The highest BCUT2D eigenvalue weighted by molar-refractivity contribution is 5.88. The smallest absolute Gasteiger partial charge is 0.266 e. The number of pyridine rings is 1. The first-order valence-corrected chi connectivity index (χ1v) is 9.79. The fourth-order valence-electron chi connectivity index (χ4n) is 3.81. The van der Waals surface area contributed by atoms with Gasteiger partial charge >= 0.3 is 0 Å². The number of likely N-dealkylation sites (tertiary alicyclic amines) is 1. The van der Waals surface area contributed by atoms with Gasteiger partial charge in [-0.1, -0.05) is 6.42 Å². The summed E-state index contributed by atoms with van der Waals surface area (Å²) in [4.78, 5) is 27.5. The van der Waals surface area contributed by atoms with Gasteiger partial charge in [-0.3, -0.25) is 14.7 Å². The third kappa shape index (κ3) is 4.17. The molecule has 0 bridgehead atoms. The molecule has 1 saturated heterocycles. The molecule has 3 aromatic rings. The highest BCUT2D eigenvalue weighted by Gasteiger charge is 2.22. The van der Waals surface area contributed by atoms with Crippen LogP contribution in [0.15, 0.2) is 41.6 Å². The van der Waals surface area contributed by atoms with Crippen molar-refractivity contribution in [2.24, 2.45) is 0 Å².